The second kappa shape index (κ2) is 9.60. The highest BCUT2D eigenvalue weighted by molar-refractivity contribution is 5.95. The Bertz CT molecular complexity index is 1140. The molecule has 1 aliphatic carbocycles. The Hall–Kier alpha value is -3.73. The van der Waals surface area contributed by atoms with E-state index in [0.717, 1.165) is 0 Å². The van der Waals surface area contributed by atoms with Crippen LogP contribution in [0.15, 0.2) is 72.8 Å². The molecular formula is C27H24FNO3. The molecule has 1 amide bonds. The topological polar surface area (TPSA) is 55.4 Å². The number of rotatable bonds is 7. The molecule has 5 heteroatoms. The van der Waals surface area contributed by atoms with Crippen molar-refractivity contribution in [3.05, 3.63) is 101 Å². The average molecular weight is 429 g/mol. The largest absolute Gasteiger partial charge is 0.449 e. The molecule has 4 nitrogen and oxygen atoms in total. The lowest BCUT2D eigenvalue weighted by Gasteiger charge is -2.14. The van der Waals surface area contributed by atoms with E-state index in [2.05, 4.69) is 29.6 Å². The van der Waals surface area contributed by atoms with E-state index in [-0.39, 0.29) is 23.9 Å². The number of benzene rings is 3. The molecule has 32 heavy (non-hydrogen) atoms. The number of ketones is 1. The molecule has 3 aromatic carbocycles. The summed E-state index contributed by atoms with van der Waals surface area (Å²) in [5.74, 6) is -0.819. The molecule has 0 heterocycles. The molecule has 0 radical (unpaired) electrons. The van der Waals surface area contributed by atoms with Gasteiger partial charge >= 0.3 is 6.09 Å². The summed E-state index contributed by atoms with van der Waals surface area (Å²) in [6, 6.07) is 21.1. The molecular weight excluding hydrogens is 405 g/mol. The average Bonchev–Trinajstić information content (AvgIpc) is 3.12. The van der Waals surface area contributed by atoms with Crippen LogP contribution in [0.4, 0.5) is 9.18 Å². The zero-order valence-corrected chi connectivity index (χ0v) is 17.8. The number of nitrogens with one attached hydrogen (secondary N) is 1. The minimum Gasteiger partial charge on any atom is -0.449 e. The van der Waals surface area contributed by atoms with Gasteiger partial charge in [-0.15, -0.1) is 0 Å². The fraction of sp³-hybridized carbons (Fsp3) is 0.185. The van der Waals surface area contributed by atoms with Gasteiger partial charge in [-0.25, -0.2) is 9.18 Å². The van der Waals surface area contributed by atoms with Crippen LogP contribution < -0.4 is 5.32 Å². The van der Waals surface area contributed by atoms with Crippen LogP contribution in [-0.4, -0.2) is 25.0 Å². The lowest BCUT2D eigenvalue weighted by Crippen LogP contribution is -2.26. The summed E-state index contributed by atoms with van der Waals surface area (Å²) in [6.45, 7) is 1.96. The molecule has 0 fully saturated rings. The molecule has 3 aromatic rings. The predicted molar refractivity (Wildman–Crippen MR) is 123 cm³/mol. The van der Waals surface area contributed by atoms with Crippen molar-refractivity contribution in [2.75, 3.05) is 13.2 Å². The number of alkyl carbamates (subject to hydrolysis) is 1. The number of hydrogen-bond acceptors (Lipinski definition) is 3. The van der Waals surface area contributed by atoms with E-state index in [1.54, 1.807) is 24.3 Å². The quantitative estimate of drug-likeness (QED) is 0.372. The minimum atomic E-state index is -0.527. The van der Waals surface area contributed by atoms with Crippen molar-refractivity contribution in [2.45, 2.75) is 19.3 Å². The summed E-state index contributed by atoms with van der Waals surface area (Å²) in [5.41, 5.74) is 5.12. The first kappa shape index (κ1) is 21.5. The third kappa shape index (κ3) is 4.47. The van der Waals surface area contributed by atoms with Gasteiger partial charge in [0.2, 0.25) is 0 Å². The molecule has 0 aliphatic heterocycles. The Morgan fingerprint density at radius 3 is 2.28 bits per heavy atom. The van der Waals surface area contributed by atoms with Crippen molar-refractivity contribution >= 4 is 18.0 Å². The van der Waals surface area contributed by atoms with E-state index in [1.165, 1.54) is 35.2 Å². The predicted octanol–water partition coefficient (Wildman–Crippen LogP) is 5.97. The SMILES string of the molecule is CC(=O)c1cccc(C=CCCNC(=O)OCC2c3ccccc3-c3ccccc32)c1F. The van der Waals surface area contributed by atoms with Crippen LogP contribution in [0.5, 0.6) is 0 Å². The summed E-state index contributed by atoms with van der Waals surface area (Å²) < 4.78 is 19.8. The molecule has 0 saturated heterocycles. The molecule has 1 aliphatic rings. The van der Waals surface area contributed by atoms with Crippen LogP contribution in [0.25, 0.3) is 17.2 Å². The zero-order valence-electron chi connectivity index (χ0n) is 17.8. The molecule has 0 spiro atoms. The fourth-order valence-corrected chi connectivity index (χ4v) is 4.07. The first-order valence-electron chi connectivity index (χ1n) is 10.6. The zero-order chi connectivity index (χ0) is 22.5. The molecule has 4 rings (SSSR count). The molecule has 0 atom stereocenters. The van der Waals surface area contributed by atoms with Gasteiger partial charge in [0.15, 0.2) is 5.78 Å². The summed E-state index contributed by atoms with van der Waals surface area (Å²) >= 11 is 0. The molecule has 0 bridgehead atoms. The van der Waals surface area contributed by atoms with E-state index >= 15 is 0 Å². The normalized spacial score (nSPS) is 12.4. The van der Waals surface area contributed by atoms with Gasteiger partial charge in [-0.1, -0.05) is 72.8 Å². The van der Waals surface area contributed by atoms with Crippen LogP contribution in [0.3, 0.4) is 0 Å². The van der Waals surface area contributed by atoms with E-state index < -0.39 is 11.9 Å². The van der Waals surface area contributed by atoms with Gasteiger partial charge < -0.3 is 10.1 Å². The Morgan fingerprint density at radius 2 is 1.62 bits per heavy atom. The van der Waals surface area contributed by atoms with Crippen LogP contribution in [0.1, 0.15) is 46.3 Å². The summed E-state index contributed by atoms with van der Waals surface area (Å²) in [5, 5.41) is 2.72. The number of carbonyl (C=O) groups is 2. The van der Waals surface area contributed by atoms with Gasteiger partial charge in [-0.3, -0.25) is 4.79 Å². The van der Waals surface area contributed by atoms with E-state index in [0.29, 0.717) is 18.5 Å². The Balaban J connectivity index is 1.28. The number of carbonyl (C=O) groups excluding carboxylic acids is 2. The van der Waals surface area contributed by atoms with Gasteiger partial charge in [0.1, 0.15) is 12.4 Å². The summed E-state index contributed by atoms with van der Waals surface area (Å²) in [7, 11) is 0. The Morgan fingerprint density at radius 1 is 0.969 bits per heavy atom. The second-order valence-corrected chi connectivity index (χ2v) is 7.71. The first-order valence-corrected chi connectivity index (χ1v) is 10.6. The van der Waals surface area contributed by atoms with Gasteiger partial charge in [0.25, 0.3) is 0 Å². The van der Waals surface area contributed by atoms with Crippen LogP contribution in [-0.2, 0) is 4.74 Å². The molecule has 0 saturated carbocycles. The highest BCUT2D eigenvalue weighted by atomic mass is 19.1. The number of ether oxygens (including phenoxy) is 1. The monoisotopic (exact) mass is 429 g/mol. The smallest absolute Gasteiger partial charge is 0.407 e. The molecule has 162 valence electrons. The van der Waals surface area contributed by atoms with Gasteiger partial charge in [0.05, 0.1) is 5.56 Å². The maximum atomic E-state index is 14.3. The van der Waals surface area contributed by atoms with Gasteiger partial charge in [0, 0.05) is 18.0 Å². The molecule has 0 unspecified atom stereocenters. The number of fused-ring (bicyclic) bond motifs is 3. The Labute approximate surface area is 186 Å². The lowest BCUT2D eigenvalue weighted by molar-refractivity contribution is 0.101. The van der Waals surface area contributed by atoms with E-state index in [1.807, 2.05) is 24.3 Å². The Kier molecular flexibility index (Phi) is 6.45. The summed E-state index contributed by atoms with van der Waals surface area (Å²) in [6.07, 6.45) is 3.39. The van der Waals surface area contributed by atoms with Crippen LogP contribution in [0.2, 0.25) is 0 Å². The third-order valence-electron chi connectivity index (χ3n) is 5.63. The molecule has 1 N–H and O–H groups in total. The van der Waals surface area contributed by atoms with Crippen molar-refractivity contribution in [1.29, 1.82) is 0 Å². The number of hydrogen-bond donors (Lipinski definition) is 1. The maximum Gasteiger partial charge on any atom is 0.407 e. The second-order valence-electron chi connectivity index (χ2n) is 7.71. The van der Waals surface area contributed by atoms with Crippen molar-refractivity contribution in [3.63, 3.8) is 0 Å². The fourth-order valence-electron chi connectivity index (χ4n) is 4.07. The maximum absolute atomic E-state index is 14.3. The van der Waals surface area contributed by atoms with Crippen LogP contribution in [0, 0.1) is 5.82 Å². The van der Waals surface area contributed by atoms with Gasteiger partial charge in [-0.2, -0.15) is 0 Å². The van der Waals surface area contributed by atoms with E-state index in [4.69, 9.17) is 4.74 Å². The van der Waals surface area contributed by atoms with E-state index in [9.17, 15) is 14.0 Å². The highest BCUT2D eigenvalue weighted by Crippen LogP contribution is 2.44. The van der Waals surface area contributed by atoms with Crippen molar-refractivity contribution in [1.82, 2.24) is 5.32 Å². The first-order chi connectivity index (χ1) is 15.6. The van der Waals surface area contributed by atoms with Gasteiger partial charge in [-0.05, 0) is 41.7 Å². The van der Waals surface area contributed by atoms with Crippen molar-refractivity contribution in [3.8, 4) is 11.1 Å². The number of amides is 1. The third-order valence-corrected chi connectivity index (χ3v) is 5.63. The van der Waals surface area contributed by atoms with Crippen molar-refractivity contribution < 1.29 is 18.7 Å². The van der Waals surface area contributed by atoms with Crippen molar-refractivity contribution in [2.24, 2.45) is 0 Å². The summed E-state index contributed by atoms with van der Waals surface area (Å²) in [4.78, 5) is 23.6. The lowest BCUT2D eigenvalue weighted by atomic mass is 9.98. The van der Waals surface area contributed by atoms with Crippen LogP contribution >= 0.6 is 0 Å². The standard InChI is InChI=1S/C27H24FNO3/c1-18(30)20-15-8-10-19(26(20)28)9-6-7-16-29-27(31)32-17-25-23-13-4-2-11-21(23)22-12-3-5-14-24(22)25/h2-6,8-15,25H,7,16-17H2,1H3,(H,29,31). The molecule has 0 aromatic heterocycles. The highest BCUT2D eigenvalue weighted by Gasteiger charge is 2.28. The number of halogens is 1. The number of Topliss-reactive ketones (excluding diaryl/α,β-unsaturated/α-hetero) is 1. The minimum absolute atomic E-state index is 0.0181.